The van der Waals surface area contributed by atoms with Crippen molar-refractivity contribution in [3.63, 3.8) is 0 Å². The lowest BCUT2D eigenvalue weighted by Crippen LogP contribution is -2.49. The van der Waals surface area contributed by atoms with Crippen LogP contribution in [0.25, 0.3) is 0 Å². The molecule has 0 amide bonds. The van der Waals surface area contributed by atoms with Gasteiger partial charge in [-0.15, -0.1) is 0 Å². The molecule has 28 heavy (non-hydrogen) atoms. The lowest BCUT2D eigenvalue weighted by atomic mass is 10.0. The minimum Gasteiger partial charge on any atom is -0.371 e. The zero-order chi connectivity index (χ0) is 19.6. The van der Waals surface area contributed by atoms with E-state index in [9.17, 15) is 4.21 Å². The van der Waals surface area contributed by atoms with Gasteiger partial charge in [0.05, 0.1) is 0 Å². The van der Waals surface area contributed by atoms with E-state index in [0.717, 1.165) is 37.5 Å². The minimum atomic E-state index is -0.874. The Morgan fingerprint density at radius 3 is 2.36 bits per heavy atom. The Morgan fingerprint density at radius 1 is 1.07 bits per heavy atom. The van der Waals surface area contributed by atoms with Crippen LogP contribution in [0.2, 0.25) is 0 Å². The molecule has 0 radical (unpaired) electrons. The van der Waals surface area contributed by atoms with Gasteiger partial charge in [0.25, 0.3) is 0 Å². The topological polar surface area (TPSA) is 56.7 Å². The number of hydrogen-bond acceptors (Lipinski definition) is 3. The van der Waals surface area contributed by atoms with Gasteiger partial charge in [0.2, 0.25) is 0 Å². The first-order chi connectivity index (χ1) is 13.7. The number of aliphatic imine (C=N–C) groups is 1. The molecule has 1 fully saturated rings. The Labute approximate surface area is 170 Å². The Hall–Kier alpha value is -2.34. The molecule has 1 heterocycles. The van der Waals surface area contributed by atoms with Crippen molar-refractivity contribution in [3.05, 3.63) is 66.2 Å². The van der Waals surface area contributed by atoms with Gasteiger partial charge >= 0.3 is 0 Å². The second-order valence-corrected chi connectivity index (χ2v) is 8.59. The van der Waals surface area contributed by atoms with Gasteiger partial charge < -0.3 is 15.5 Å². The lowest BCUT2D eigenvalue weighted by molar-refractivity contribution is 0.462. The van der Waals surface area contributed by atoms with Crippen LogP contribution >= 0.6 is 0 Å². The maximum atomic E-state index is 12.2. The number of rotatable bonds is 7. The average molecular weight is 399 g/mol. The summed E-state index contributed by atoms with van der Waals surface area (Å²) < 4.78 is 12.2. The van der Waals surface area contributed by atoms with E-state index in [1.165, 1.54) is 5.69 Å². The molecule has 3 rings (SSSR count). The zero-order valence-corrected chi connectivity index (χ0v) is 17.3. The zero-order valence-electron chi connectivity index (χ0n) is 16.5. The summed E-state index contributed by atoms with van der Waals surface area (Å²) in [5, 5.41) is 6.82. The van der Waals surface area contributed by atoms with Gasteiger partial charge in [-0.25, -0.2) is 0 Å². The van der Waals surface area contributed by atoms with E-state index in [2.05, 4.69) is 50.9 Å². The second kappa shape index (κ2) is 10.9. The average Bonchev–Trinajstić information content (AvgIpc) is 2.75. The second-order valence-electron chi connectivity index (χ2n) is 7.01. The summed E-state index contributed by atoms with van der Waals surface area (Å²) in [5.74, 6) is 2.02. The summed E-state index contributed by atoms with van der Waals surface area (Å²) in [7, 11) is 0.913. The molecule has 1 aliphatic heterocycles. The highest BCUT2D eigenvalue weighted by atomic mass is 32.2. The van der Waals surface area contributed by atoms with Gasteiger partial charge in [-0.05, 0) is 30.5 Å². The van der Waals surface area contributed by atoms with Crippen molar-refractivity contribution < 1.29 is 4.21 Å². The third-order valence-corrected chi connectivity index (χ3v) is 6.29. The van der Waals surface area contributed by atoms with Gasteiger partial charge in [-0.2, -0.15) is 0 Å². The largest absolute Gasteiger partial charge is 0.371 e. The number of nitrogens with one attached hydrogen (secondary N) is 2. The van der Waals surface area contributed by atoms with Crippen LogP contribution in [-0.4, -0.2) is 48.6 Å². The molecule has 2 aromatic carbocycles. The number of nitrogens with zero attached hydrogens (tertiary/aromatic N) is 2. The normalized spacial score (nSPS) is 16.6. The first kappa shape index (κ1) is 20.4. The van der Waals surface area contributed by atoms with Crippen LogP contribution in [0.3, 0.4) is 0 Å². The van der Waals surface area contributed by atoms with Gasteiger partial charge in [0.15, 0.2) is 5.96 Å². The van der Waals surface area contributed by atoms with E-state index in [1.807, 2.05) is 30.3 Å². The molecular formula is C22H30N4OS. The number of benzene rings is 2. The molecule has 2 aromatic rings. The van der Waals surface area contributed by atoms with Gasteiger partial charge in [-0.3, -0.25) is 9.20 Å². The van der Waals surface area contributed by atoms with Crippen molar-refractivity contribution in [2.24, 2.45) is 4.99 Å². The molecule has 150 valence electrons. The van der Waals surface area contributed by atoms with E-state index in [-0.39, 0.29) is 0 Å². The number of anilines is 1. The number of piperidine rings is 1. The molecular weight excluding hydrogens is 368 g/mol. The van der Waals surface area contributed by atoms with E-state index >= 15 is 0 Å². The Balaban J connectivity index is 1.36. The Kier molecular flexibility index (Phi) is 7.91. The maximum absolute atomic E-state index is 12.2. The van der Waals surface area contributed by atoms with Crippen LogP contribution in [0.15, 0.2) is 65.7 Å². The van der Waals surface area contributed by atoms with Crippen molar-refractivity contribution in [2.75, 3.05) is 37.3 Å². The molecule has 2 N–H and O–H groups in total. The standard InChI is InChI=1S/C22H30N4OS/c1-23-22(24-14-17-28(27)18-19-8-4-2-5-9-19)25-20-12-15-26(16-13-20)21-10-6-3-7-11-21/h2-11,20H,12-18H2,1H3,(H2,23,24,25). The number of hydrogen-bond donors (Lipinski definition) is 2. The molecule has 1 aliphatic rings. The SMILES string of the molecule is CN=C(NCCS(=O)Cc1ccccc1)NC1CCN(c2ccccc2)CC1. The first-order valence-electron chi connectivity index (χ1n) is 9.90. The van der Waals surface area contributed by atoms with Gasteiger partial charge in [0.1, 0.15) is 0 Å². The fraction of sp³-hybridized carbons (Fsp3) is 0.409. The maximum Gasteiger partial charge on any atom is 0.191 e. The van der Waals surface area contributed by atoms with E-state index in [1.54, 1.807) is 7.05 Å². The molecule has 1 unspecified atom stereocenters. The fourth-order valence-electron chi connectivity index (χ4n) is 3.42. The molecule has 5 nitrogen and oxygen atoms in total. The highest BCUT2D eigenvalue weighted by Gasteiger charge is 2.20. The molecule has 0 bridgehead atoms. The van der Waals surface area contributed by atoms with Crippen LogP contribution in [0.1, 0.15) is 18.4 Å². The highest BCUT2D eigenvalue weighted by Crippen LogP contribution is 2.19. The molecule has 0 saturated carbocycles. The molecule has 6 heteroatoms. The van der Waals surface area contributed by atoms with Crippen molar-refractivity contribution in [2.45, 2.75) is 24.6 Å². The third-order valence-electron chi connectivity index (χ3n) is 4.97. The van der Waals surface area contributed by atoms with E-state index in [0.29, 0.717) is 24.1 Å². The summed E-state index contributed by atoms with van der Waals surface area (Å²) in [4.78, 5) is 6.75. The molecule has 0 aromatic heterocycles. The van der Waals surface area contributed by atoms with Crippen molar-refractivity contribution >= 4 is 22.4 Å². The van der Waals surface area contributed by atoms with Crippen LogP contribution in [0.4, 0.5) is 5.69 Å². The number of para-hydroxylation sites is 1. The predicted molar refractivity (Wildman–Crippen MR) is 119 cm³/mol. The van der Waals surface area contributed by atoms with E-state index < -0.39 is 10.8 Å². The minimum absolute atomic E-state index is 0.418. The Morgan fingerprint density at radius 2 is 1.71 bits per heavy atom. The van der Waals surface area contributed by atoms with Crippen molar-refractivity contribution in [1.29, 1.82) is 0 Å². The van der Waals surface area contributed by atoms with Gasteiger partial charge in [0, 0.05) is 60.7 Å². The van der Waals surface area contributed by atoms with Gasteiger partial charge in [-0.1, -0.05) is 48.5 Å². The third kappa shape index (κ3) is 6.37. The molecule has 0 spiro atoms. The quantitative estimate of drug-likeness (QED) is 0.556. The smallest absolute Gasteiger partial charge is 0.191 e. The van der Waals surface area contributed by atoms with Crippen LogP contribution in [-0.2, 0) is 16.6 Å². The summed E-state index contributed by atoms with van der Waals surface area (Å²) in [5.41, 5.74) is 2.41. The fourth-order valence-corrected chi connectivity index (χ4v) is 4.46. The van der Waals surface area contributed by atoms with Crippen LogP contribution in [0.5, 0.6) is 0 Å². The summed E-state index contributed by atoms with van der Waals surface area (Å²) in [6.45, 7) is 2.74. The predicted octanol–water partition coefficient (Wildman–Crippen LogP) is 2.77. The van der Waals surface area contributed by atoms with Crippen LogP contribution < -0.4 is 15.5 Å². The molecule has 1 atom stereocenters. The van der Waals surface area contributed by atoms with Crippen LogP contribution in [0, 0.1) is 0 Å². The highest BCUT2D eigenvalue weighted by molar-refractivity contribution is 7.84. The lowest BCUT2D eigenvalue weighted by Gasteiger charge is -2.34. The molecule has 1 saturated heterocycles. The summed E-state index contributed by atoms with van der Waals surface area (Å²) in [6, 6.07) is 21.0. The summed E-state index contributed by atoms with van der Waals surface area (Å²) >= 11 is 0. The number of guanidine groups is 1. The monoisotopic (exact) mass is 398 g/mol. The Bertz CT molecular complexity index is 759. The van der Waals surface area contributed by atoms with Crippen molar-refractivity contribution in [3.8, 4) is 0 Å². The van der Waals surface area contributed by atoms with Crippen molar-refractivity contribution in [1.82, 2.24) is 10.6 Å². The molecule has 0 aliphatic carbocycles. The summed E-state index contributed by atoms with van der Waals surface area (Å²) in [6.07, 6.45) is 2.16. The first-order valence-corrected chi connectivity index (χ1v) is 11.4. The van der Waals surface area contributed by atoms with E-state index in [4.69, 9.17) is 0 Å².